The Kier molecular flexibility index (Phi) is 30.9. The first-order valence-electron chi connectivity index (χ1n) is 4.50. The van der Waals surface area contributed by atoms with Gasteiger partial charge in [0.2, 0.25) is 0 Å². The average Bonchev–Trinajstić information content (AvgIpc) is 2.21. The van der Waals surface area contributed by atoms with Gasteiger partial charge in [-0.3, -0.25) is 0 Å². The van der Waals surface area contributed by atoms with Crippen molar-refractivity contribution in [2.45, 2.75) is 34.1 Å². The van der Waals surface area contributed by atoms with E-state index in [9.17, 15) is 4.39 Å². The van der Waals surface area contributed by atoms with Gasteiger partial charge in [0.1, 0.15) is 6.67 Å². The predicted molar refractivity (Wildman–Crippen MR) is 60.4 cm³/mol. The topological polar surface area (TPSA) is 0 Å². The third-order valence-corrected chi connectivity index (χ3v) is 0.817. The van der Waals surface area contributed by atoms with Gasteiger partial charge in [-0.05, 0) is 12.5 Å². The summed E-state index contributed by atoms with van der Waals surface area (Å²) < 4.78 is 11.5. The largest absolute Gasteiger partial charge is 0.246 e. The van der Waals surface area contributed by atoms with Crippen molar-refractivity contribution in [1.29, 1.82) is 0 Å². The molecule has 0 unspecified atom stereocenters. The van der Waals surface area contributed by atoms with Crippen LogP contribution in [-0.4, -0.2) is 6.67 Å². The summed E-state index contributed by atoms with van der Waals surface area (Å²) in [4.78, 5) is 0. The molecule has 0 N–H and O–H groups in total. The van der Waals surface area contributed by atoms with Gasteiger partial charge in [-0.1, -0.05) is 39.5 Å². The second-order valence-electron chi connectivity index (χ2n) is 1.94. The minimum absolute atomic E-state index is 0.369. The Bertz CT molecular complexity index is 149. The van der Waals surface area contributed by atoms with Gasteiger partial charge in [-0.2, -0.15) is 0 Å². The molecule has 0 aliphatic rings. The molecule has 0 amide bonds. The molecule has 0 aromatic carbocycles. The lowest BCUT2D eigenvalue weighted by Gasteiger charge is -1.83. The lowest BCUT2D eigenvalue weighted by atomic mass is 10.3. The lowest BCUT2D eigenvalue weighted by Crippen LogP contribution is -1.72. The van der Waals surface area contributed by atoms with Gasteiger partial charge >= 0.3 is 0 Å². The van der Waals surface area contributed by atoms with Crippen LogP contribution < -0.4 is 0 Å². The zero-order valence-corrected chi connectivity index (χ0v) is 9.23. The molecule has 13 heavy (non-hydrogen) atoms. The molecule has 0 aromatic rings. The van der Waals surface area contributed by atoms with Gasteiger partial charge < -0.3 is 0 Å². The Morgan fingerprint density at radius 2 is 1.92 bits per heavy atom. The number of hydrogen-bond acceptors (Lipinski definition) is 0. The fourth-order valence-electron chi connectivity index (χ4n) is 0.246. The first-order valence-corrected chi connectivity index (χ1v) is 4.50. The minimum atomic E-state index is -0.369. The molecular weight excluding hydrogens is 163 g/mol. The van der Waals surface area contributed by atoms with Crippen molar-refractivity contribution >= 4 is 0 Å². The van der Waals surface area contributed by atoms with Crippen molar-refractivity contribution in [1.82, 2.24) is 0 Å². The highest BCUT2D eigenvalue weighted by atomic mass is 19.1. The molecule has 0 heterocycles. The number of alkyl halides is 1. The van der Waals surface area contributed by atoms with Gasteiger partial charge in [0, 0.05) is 6.42 Å². The number of rotatable bonds is 2. The molecule has 0 bridgehead atoms. The van der Waals surface area contributed by atoms with Crippen LogP contribution in [0, 0.1) is 12.3 Å². The summed E-state index contributed by atoms with van der Waals surface area (Å²) >= 11 is 0. The second-order valence-corrected chi connectivity index (χ2v) is 1.94. The number of allylic oxidation sites excluding steroid dienone is 3. The van der Waals surface area contributed by atoms with Crippen molar-refractivity contribution in [2.75, 3.05) is 6.67 Å². The van der Waals surface area contributed by atoms with E-state index in [1.165, 1.54) is 0 Å². The maximum absolute atomic E-state index is 11.5. The van der Waals surface area contributed by atoms with Crippen molar-refractivity contribution in [3.05, 3.63) is 24.3 Å². The monoisotopic (exact) mass is 184 g/mol. The summed E-state index contributed by atoms with van der Waals surface area (Å²) in [5.74, 6) is 2.43. The van der Waals surface area contributed by atoms with Gasteiger partial charge in [-0.15, -0.1) is 12.3 Å². The van der Waals surface area contributed by atoms with Crippen molar-refractivity contribution < 1.29 is 4.39 Å². The predicted octanol–water partition coefficient (Wildman–Crippen LogP) is 4.14. The highest BCUT2D eigenvalue weighted by Crippen LogP contribution is 1.90. The van der Waals surface area contributed by atoms with Gasteiger partial charge in [0.25, 0.3) is 0 Å². The number of hydrogen-bond donors (Lipinski definition) is 0. The Morgan fingerprint density at radius 1 is 1.54 bits per heavy atom. The van der Waals surface area contributed by atoms with E-state index in [1.54, 1.807) is 19.1 Å². The molecule has 1 heteroatoms. The van der Waals surface area contributed by atoms with E-state index in [1.807, 2.05) is 20.8 Å². The lowest BCUT2D eigenvalue weighted by molar-refractivity contribution is 0.543. The van der Waals surface area contributed by atoms with Crippen molar-refractivity contribution in [2.24, 2.45) is 0 Å². The molecular formula is C12H21F. The number of terminal acetylenes is 1. The molecule has 0 atom stereocenters. The van der Waals surface area contributed by atoms with Crippen LogP contribution in [0.5, 0.6) is 0 Å². The maximum atomic E-state index is 11.5. The molecule has 0 spiro atoms. The van der Waals surface area contributed by atoms with E-state index in [0.717, 1.165) is 12.0 Å². The molecule has 76 valence electrons. The molecule has 0 aliphatic heterocycles. The van der Waals surface area contributed by atoms with Crippen molar-refractivity contribution in [3.63, 3.8) is 0 Å². The summed E-state index contributed by atoms with van der Waals surface area (Å²) in [5.41, 5.74) is 0.718. The first kappa shape index (κ1) is 17.9. The molecule has 0 nitrogen and oxygen atoms in total. The Morgan fingerprint density at radius 3 is 2.00 bits per heavy atom. The summed E-state index contributed by atoms with van der Waals surface area (Å²) in [6.45, 7) is 10.7. The van der Waals surface area contributed by atoms with Crippen LogP contribution >= 0.6 is 0 Å². The Balaban J connectivity index is -0.000000142. The standard InChI is InChI=1S/C6H9F.C4H6.C2H6/c1-3-4-6(2)5-7;1-3-4-2;1-2/h3-4H,1,5H2,2H3;1H,4H2,2H3;1-2H3/b6-4-;;. The fourth-order valence-corrected chi connectivity index (χ4v) is 0.246. The highest BCUT2D eigenvalue weighted by molar-refractivity contribution is 5.07. The summed E-state index contributed by atoms with van der Waals surface area (Å²) in [6, 6.07) is 0. The summed E-state index contributed by atoms with van der Waals surface area (Å²) in [5, 5.41) is 0. The first-order chi connectivity index (χ1) is 6.22. The molecule has 0 radical (unpaired) electrons. The SMILES string of the molecule is C#CCC.C=C/C=C(/C)CF.CC. The quantitative estimate of drug-likeness (QED) is 0.447. The molecule has 0 rings (SSSR count). The summed E-state index contributed by atoms with van der Waals surface area (Å²) in [6.07, 6.45) is 8.86. The van der Waals surface area contributed by atoms with Gasteiger partial charge in [0.15, 0.2) is 0 Å². The second kappa shape index (κ2) is 22.4. The van der Waals surface area contributed by atoms with E-state index >= 15 is 0 Å². The maximum Gasteiger partial charge on any atom is 0.111 e. The van der Waals surface area contributed by atoms with E-state index in [4.69, 9.17) is 6.42 Å². The van der Waals surface area contributed by atoms with Gasteiger partial charge in [-0.25, -0.2) is 4.39 Å². The zero-order valence-electron chi connectivity index (χ0n) is 9.23. The van der Waals surface area contributed by atoms with E-state index in [2.05, 4.69) is 12.5 Å². The normalized spacial score (nSPS) is 8.15. The molecule has 0 fully saturated rings. The van der Waals surface area contributed by atoms with E-state index in [-0.39, 0.29) is 6.67 Å². The van der Waals surface area contributed by atoms with Crippen LogP contribution in [0.15, 0.2) is 24.3 Å². The zero-order chi connectivity index (χ0) is 11.1. The smallest absolute Gasteiger partial charge is 0.111 e. The average molecular weight is 184 g/mol. The van der Waals surface area contributed by atoms with E-state index < -0.39 is 0 Å². The molecule has 0 saturated heterocycles. The van der Waals surface area contributed by atoms with Crippen molar-refractivity contribution in [3.8, 4) is 12.3 Å². The minimum Gasteiger partial charge on any atom is -0.246 e. The van der Waals surface area contributed by atoms with Crippen LogP contribution in [0.1, 0.15) is 34.1 Å². The summed E-state index contributed by atoms with van der Waals surface area (Å²) in [7, 11) is 0. The van der Waals surface area contributed by atoms with Gasteiger partial charge in [0.05, 0.1) is 0 Å². The van der Waals surface area contributed by atoms with Crippen LogP contribution in [0.25, 0.3) is 0 Å². The Labute approximate surface area is 82.6 Å². The third-order valence-electron chi connectivity index (χ3n) is 0.817. The molecule has 0 saturated carbocycles. The van der Waals surface area contributed by atoms with Crippen LogP contribution in [0.4, 0.5) is 4.39 Å². The highest BCUT2D eigenvalue weighted by Gasteiger charge is 1.78. The van der Waals surface area contributed by atoms with E-state index in [0.29, 0.717) is 0 Å². The van der Waals surface area contributed by atoms with Crippen LogP contribution in [0.3, 0.4) is 0 Å². The third kappa shape index (κ3) is 35.7. The van der Waals surface area contributed by atoms with Crippen LogP contribution in [0.2, 0.25) is 0 Å². The molecule has 0 aromatic heterocycles. The van der Waals surface area contributed by atoms with Crippen LogP contribution in [-0.2, 0) is 0 Å². The molecule has 0 aliphatic carbocycles. The number of halogens is 1. The fraction of sp³-hybridized carbons (Fsp3) is 0.500. The Hall–Kier alpha value is -1.03.